The van der Waals surface area contributed by atoms with Crippen LogP contribution in [0.25, 0.3) is 0 Å². The lowest BCUT2D eigenvalue weighted by atomic mass is 10.0. The van der Waals surface area contributed by atoms with Crippen LogP contribution in [0.4, 0.5) is 0 Å². The van der Waals surface area contributed by atoms with Crippen LogP contribution in [0.2, 0.25) is 0 Å². The van der Waals surface area contributed by atoms with Gasteiger partial charge >= 0.3 is 0 Å². The van der Waals surface area contributed by atoms with Crippen LogP contribution in [0.5, 0.6) is 0 Å². The van der Waals surface area contributed by atoms with E-state index in [1.165, 1.54) is 12.8 Å². The van der Waals surface area contributed by atoms with Gasteiger partial charge in [-0.05, 0) is 31.4 Å². The smallest absolute Gasteiger partial charge is 0.244 e. The van der Waals surface area contributed by atoms with E-state index in [4.69, 9.17) is 0 Å². The van der Waals surface area contributed by atoms with Gasteiger partial charge in [0.1, 0.15) is 5.76 Å². The minimum atomic E-state index is -0.0733. The number of nitrogens with one attached hydrogen (secondary N) is 1. The number of carbonyl (C=O) groups is 1. The summed E-state index contributed by atoms with van der Waals surface area (Å²) in [4.78, 5) is 11.5. The van der Waals surface area contributed by atoms with Gasteiger partial charge in [0.2, 0.25) is 5.91 Å². The first-order chi connectivity index (χ1) is 9.22. The Morgan fingerprint density at radius 2 is 2.05 bits per heavy atom. The quantitative estimate of drug-likeness (QED) is 0.754. The van der Waals surface area contributed by atoms with Gasteiger partial charge in [-0.1, -0.05) is 45.3 Å². The summed E-state index contributed by atoms with van der Waals surface area (Å²) in [5.41, 5.74) is 1.13. The Morgan fingerprint density at radius 3 is 2.74 bits per heavy atom. The van der Waals surface area contributed by atoms with Crippen LogP contribution in [-0.4, -0.2) is 17.6 Å². The highest BCUT2D eigenvalue weighted by molar-refractivity contribution is 5.88. The number of allylic oxidation sites excluding steroid dienone is 3. The fourth-order valence-corrected chi connectivity index (χ4v) is 1.73. The molecule has 3 heteroatoms. The molecular weight excluding hydrogens is 238 g/mol. The monoisotopic (exact) mass is 265 g/mol. The van der Waals surface area contributed by atoms with Crippen LogP contribution in [0.15, 0.2) is 35.6 Å². The zero-order chi connectivity index (χ0) is 14.5. The molecule has 0 radical (unpaired) electrons. The summed E-state index contributed by atoms with van der Waals surface area (Å²) < 4.78 is 0. The van der Waals surface area contributed by atoms with Crippen molar-refractivity contribution in [2.45, 2.75) is 52.9 Å². The maximum absolute atomic E-state index is 11.5. The van der Waals surface area contributed by atoms with E-state index in [1.807, 2.05) is 19.9 Å². The highest BCUT2D eigenvalue weighted by atomic mass is 16.3. The van der Waals surface area contributed by atoms with Gasteiger partial charge in [-0.3, -0.25) is 4.79 Å². The molecule has 1 aliphatic rings. The van der Waals surface area contributed by atoms with Crippen molar-refractivity contribution in [3.63, 3.8) is 0 Å². The van der Waals surface area contributed by atoms with Crippen LogP contribution >= 0.6 is 0 Å². The van der Waals surface area contributed by atoms with E-state index in [-0.39, 0.29) is 11.7 Å². The normalized spacial score (nSPS) is 22.8. The van der Waals surface area contributed by atoms with Crippen LogP contribution < -0.4 is 5.32 Å². The molecule has 0 saturated heterocycles. The Morgan fingerprint density at radius 1 is 1.32 bits per heavy atom. The number of carbonyl (C=O) groups excluding carboxylic acids is 1. The summed E-state index contributed by atoms with van der Waals surface area (Å²) in [6.07, 6.45) is 12.0. The Kier molecular flexibility index (Phi) is 10.7. The van der Waals surface area contributed by atoms with Crippen molar-refractivity contribution in [2.24, 2.45) is 0 Å². The number of aliphatic hydroxyl groups is 1. The van der Waals surface area contributed by atoms with Crippen molar-refractivity contribution < 1.29 is 9.90 Å². The predicted octanol–water partition coefficient (Wildman–Crippen LogP) is 4.04. The number of unbranched alkanes of at least 4 members (excludes halogenated alkanes) is 2. The molecule has 0 atom stereocenters. The standard InChI is InChI=1S/C14H21NO2.C2H6/c1-2-3-4-6-12-7-5-8-13(16)9-10-15-14(17)11-12;1-2/h5,8-9,11,16H,2-4,6-7,10H2,1H3,(H,15,17);1-2H3/b8-5-,12-11-,13-9+;. The van der Waals surface area contributed by atoms with Crippen molar-refractivity contribution in [2.75, 3.05) is 6.54 Å². The molecule has 0 saturated carbocycles. The minimum absolute atomic E-state index is 0.0733. The molecule has 0 aromatic heterocycles. The average molecular weight is 265 g/mol. The fraction of sp³-hybridized carbons (Fsp3) is 0.562. The molecule has 0 aliphatic carbocycles. The summed E-state index contributed by atoms with van der Waals surface area (Å²) >= 11 is 0. The van der Waals surface area contributed by atoms with Crippen LogP contribution in [0.1, 0.15) is 52.9 Å². The molecule has 3 nitrogen and oxygen atoms in total. The molecule has 1 heterocycles. The summed E-state index contributed by atoms with van der Waals surface area (Å²) in [6.45, 7) is 6.53. The third-order valence-electron chi connectivity index (χ3n) is 2.69. The SMILES string of the molecule is CC.CCCCC/C1=C/C(=O)NC/C=C(O)\C=C/C1. The number of hydrogen-bond acceptors (Lipinski definition) is 2. The summed E-state index contributed by atoms with van der Waals surface area (Å²) in [7, 11) is 0. The lowest BCUT2D eigenvalue weighted by molar-refractivity contribution is -0.116. The molecule has 0 bridgehead atoms. The lowest BCUT2D eigenvalue weighted by Crippen LogP contribution is -2.21. The number of amides is 1. The molecule has 2 N–H and O–H groups in total. The van der Waals surface area contributed by atoms with E-state index in [1.54, 1.807) is 18.2 Å². The van der Waals surface area contributed by atoms with Crippen molar-refractivity contribution >= 4 is 5.91 Å². The molecular formula is C16H27NO2. The second-order valence-corrected chi connectivity index (χ2v) is 4.24. The van der Waals surface area contributed by atoms with E-state index in [9.17, 15) is 9.90 Å². The van der Waals surface area contributed by atoms with Crippen molar-refractivity contribution in [3.05, 3.63) is 35.6 Å². The Bertz CT molecular complexity index is 341. The summed E-state index contributed by atoms with van der Waals surface area (Å²) in [6, 6.07) is 0. The highest BCUT2D eigenvalue weighted by Crippen LogP contribution is 2.14. The molecule has 0 aromatic rings. The summed E-state index contributed by atoms with van der Waals surface area (Å²) in [5.74, 6) is 0.135. The van der Waals surface area contributed by atoms with Gasteiger partial charge in [0, 0.05) is 12.6 Å². The van der Waals surface area contributed by atoms with Gasteiger partial charge in [-0.2, -0.15) is 0 Å². The van der Waals surface area contributed by atoms with E-state index in [0.717, 1.165) is 24.8 Å². The first-order valence-electron chi connectivity index (χ1n) is 7.25. The first-order valence-corrected chi connectivity index (χ1v) is 7.25. The maximum atomic E-state index is 11.5. The summed E-state index contributed by atoms with van der Waals surface area (Å²) in [5, 5.41) is 12.1. The van der Waals surface area contributed by atoms with Crippen LogP contribution in [0, 0.1) is 0 Å². The third kappa shape index (κ3) is 9.11. The number of aliphatic hydroxyl groups excluding tert-OH is 1. The molecule has 0 unspecified atom stereocenters. The zero-order valence-electron chi connectivity index (χ0n) is 12.4. The second-order valence-electron chi connectivity index (χ2n) is 4.24. The van der Waals surface area contributed by atoms with Gasteiger partial charge < -0.3 is 10.4 Å². The molecule has 1 aliphatic heterocycles. The zero-order valence-corrected chi connectivity index (χ0v) is 12.4. The molecule has 1 rings (SSSR count). The molecule has 0 aromatic carbocycles. The molecule has 108 valence electrons. The van der Waals surface area contributed by atoms with Gasteiger partial charge in [0.25, 0.3) is 0 Å². The highest BCUT2D eigenvalue weighted by Gasteiger charge is 2.02. The number of hydrogen-bond donors (Lipinski definition) is 2. The van der Waals surface area contributed by atoms with Crippen molar-refractivity contribution in [3.8, 4) is 0 Å². The Balaban J connectivity index is 0.00000154. The molecule has 0 fully saturated rings. The second kappa shape index (κ2) is 11.6. The Hall–Kier alpha value is -1.51. The molecule has 0 spiro atoms. The largest absolute Gasteiger partial charge is 0.508 e. The number of rotatable bonds is 4. The van der Waals surface area contributed by atoms with Crippen molar-refractivity contribution in [1.29, 1.82) is 0 Å². The Labute approximate surface area is 117 Å². The van der Waals surface area contributed by atoms with Gasteiger partial charge in [-0.25, -0.2) is 0 Å². The third-order valence-corrected chi connectivity index (χ3v) is 2.69. The van der Waals surface area contributed by atoms with Crippen molar-refractivity contribution in [1.82, 2.24) is 5.32 Å². The van der Waals surface area contributed by atoms with E-state index in [2.05, 4.69) is 12.2 Å². The average Bonchev–Trinajstić information content (AvgIpc) is 2.40. The van der Waals surface area contributed by atoms with Gasteiger partial charge in [0.05, 0.1) is 0 Å². The maximum Gasteiger partial charge on any atom is 0.244 e. The minimum Gasteiger partial charge on any atom is -0.508 e. The van der Waals surface area contributed by atoms with Gasteiger partial charge in [0.15, 0.2) is 0 Å². The van der Waals surface area contributed by atoms with E-state index < -0.39 is 0 Å². The first kappa shape index (κ1) is 17.5. The topological polar surface area (TPSA) is 49.3 Å². The van der Waals surface area contributed by atoms with Crippen LogP contribution in [-0.2, 0) is 4.79 Å². The predicted molar refractivity (Wildman–Crippen MR) is 81.1 cm³/mol. The van der Waals surface area contributed by atoms with E-state index in [0.29, 0.717) is 6.54 Å². The van der Waals surface area contributed by atoms with E-state index >= 15 is 0 Å². The lowest BCUT2D eigenvalue weighted by Gasteiger charge is -2.07. The van der Waals surface area contributed by atoms with Gasteiger partial charge in [-0.15, -0.1) is 0 Å². The molecule has 19 heavy (non-hydrogen) atoms. The fourth-order valence-electron chi connectivity index (χ4n) is 1.73. The van der Waals surface area contributed by atoms with Crippen LogP contribution in [0.3, 0.4) is 0 Å². The molecule has 1 amide bonds.